The van der Waals surface area contributed by atoms with E-state index < -0.39 is 0 Å². The quantitative estimate of drug-likeness (QED) is 0.184. The van der Waals surface area contributed by atoms with Crippen molar-refractivity contribution in [3.63, 3.8) is 0 Å². The molecule has 4 aromatic heterocycles. The number of aromatic nitrogens is 2. The molecule has 0 amide bonds. The van der Waals surface area contributed by atoms with E-state index in [0.717, 1.165) is 44.1 Å². The lowest BCUT2D eigenvalue weighted by Crippen LogP contribution is -2.55. The summed E-state index contributed by atoms with van der Waals surface area (Å²) < 4.78 is 18.4. The average molecular weight is 572 g/mol. The molecule has 6 aromatic carbocycles. The van der Waals surface area contributed by atoms with Crippen LogP contribution in [0.2, 0.25) is 0 Å². The first-order valence-corrected chi connectivity index (χ1v) is 15.5. The normalized spacial score (nSPS) is 13.3. The number of fused-ring (bicyclic) bond motifs is 14. The van der Waals surface area contributed by atoms with E-state index in [0.29, 0.717) is 0 Å². The van der Waals surface area contributed by atoms with Crippen LogP contribution in [0.4, 0.5) is 0 Å². The fraction of sp³-hybridized carbons (Fsp3) is 0. The number of nitrogens with zero attached hydrogens (tertiary/aromatic N) is 2. The van der Waals surface area contributed by atoms with Crippen LogP contribution in [-0.4, -0.2) is 15.9 Å². The van der Waals surface area contributed by atoms with Crippen molar-refractivity contribution >= 4 is 83.7 Å². The van der Waals surface area contributed by atoms with Crippen LogP contribution in [0.25, 0.3) is 93.9 Å². The highest BCUT2D eigenvalue weighted by molar-refractivity contribution is 6.90. The number of para-hydroxylation sites is 4. The highest BCUT2D eigenvalue weighted by atomic mass is 16.3. The summed E-state index contributed by atoms with van der Waals surface area (Å²) in [7, 11) is 0. The fourth-order valence-electron chi connectivity index (χ4n) is 8.59. The van der Waals surface area contributed by atoms with Gasteiger partial charge in [-0.3, -0.25) is 0 Å². The lowest BCUT2D eigenvalue weighted by molar-refractivity contribution is 0.651. The minimum absolute atomic E-state index is 0.0586. The molecular formula is C40H21BN2O2. The number of hydrogen-bond donors (Lipinski definition) is 0. The Kier molecular flexibility index (Phi) is 3.80. The molecule has 0 saturated carbocycles. The lowest BCUT2D eigenvalue weighted by atomic mass is 9.45. The van der Waals surface area contributed by atoms with Crippen molar-refractivity contribution in [2.24, 2.45) is 0 Å². The van der Waals surface area contributed by atoms with Crippen LogP contribution in [0.5, 0.6) is 0 Å². The van der Waals surface area contributed by atoms with Crippen LogP contribution in [-0.2, 0) is 0 Å². The highest BCUT2D eigenvalue weighted by Gasteiger charge is 2.43. The van der Waals surface area contributed by atoms with E-state index in [1.54, 1.807) is 0 Å². The zero-order valence-corrected chi connectivity index (χ0v) is 23.9. The molecule has 0 N–H and O–H groups in total. The second-order valence-corrected chi connectivity index (χ2v) is 12.4. The van der Waals surface area contributed by atoms with Gasteiger partial charge >= 0.3 is 6.85 Å². The van der Waals surface area contributed by atoms with Crippen molar-refractivity contribution in [3.05, 3.63) is 127 Å². The smallest absolute Gasteiger partial charge is 0.336 e. The number of rotatable bonds is 1. The summed E-state index contributed by atoms with van der Waals surface area (Å²) in [5.74, 6) is 0. The molecule has 0 spiro atoms. The summed E-state index contributed by atoms with van der Waals surface area (Å²) in [4.78, 5) is 0. The second kappa shape index (κ2) is 7.58. The van der Waals surface area contributed by atoms with E-state index in [2.05, 4.69) is 136 Å². The van der Waals surface area contributed by atoms with Crippen molar-refractivity contribution in [2.45, 2.75) is 0 Å². The Hall–Kier alpha value is -5.94. The fourth-order valence-corrected chi connectivity index (χ4v) is 8.59. The van der Waals surface area contributed by atoms with E-state index in [4.69, 9.17) is 8.83 Å². The Morgan fingerprint density at radius 3 is 2.13 bits per heavy atom. The molecular weight excluding hydrogens is 551 g/mol. The van der Waals surface area contributed by atoms with Crippen molar-refractivity contribution in [1.82, 2.24) is 9.05 Å². The van der Waals surface area contributed by atoms with E-state index in [1.807, 2.05) is 0 Å². The van der Waals surface area contributed by atoms with Gasteiger partial charge in [-0.05, 0) is 64.0 Å². The molecule has 6 heterocycles. The van der Waals surface area contributed by atoms with Gasteiger partial charge in [0.05, 0.1) is 10.9 Å². The van der Waals surface area contributed by atoms with Gasteiger partial charge in [-0.1, -0.05) is 91.0 Å². The largest absolute Gasteiger partial charge is 0.454 e. The van der Waals surface area contributed by atoms with Crippen LogP contribution >= 0.6 is 0 Å². The summed E-state index contributed by atoms with van der Waals surface area (Å²) in [6.07, 6.45) is 0. The zero-order chi connectivity index (χ0) is 29.0. The minimum atomic E-state index is -0.0586. The second-order valence-electron chi connectivity index (χ2n) is 12.4. The summed E-state index contributed by atoms with van der Waals surface area (Å²) >= 11 is 0. The average Bonchev–Trinajstić information content (AvgIpc) is 3.83. The molecule has 45 heavy (non-hydrogen) atoms. The molecule has 10 aromatic rings. The summed E-state index contributed by atoms with van der Waals surface area (Å²) in [5, 5.41) is 5.85. The lowest BCUT2D eigenvalue weighted by Gasteiger charge is -2.34. The molecule has 206 valence electrons. The molecule has 0 saturated heterocycles. The predicted octanol–water partition coefficient (Wildman–Crippen LogP) is 9.00. The summed E-state index contributed by atoms with van der Waals surface area (Å²) in [6.45, 7) is -0.0586. The maximum Gasteiger partial charge on any atom is 0.336 e. The van der Waals surface area contributed by atoms with Crippen molar-refractivity contribution in [2.75, 3.05) is 0 Å². The third-order valence-corrected chi connectivity index (χ3v) is 10.3. The minimum Gasteiger partial charge on any atom is -0.454 e. The molecule has 12 rings (SSSR count). The van der Waals surface area contributed by atoms with E-state index in [9.17, 15) is 0 Å². The molecule has 0 radical (unpaired) electrons. The summed E-state index contributed by atoms with van der Waals surface area (Å²) in [5.41, 5.74) is 16.0. The van der Waals surface area contributed by atoms with Crippen LogP contribution < -0.4 is 10.9 Å². The molecule has 0 bridgehead atoms. The van der Waals surface area contributed by atoms with Crippen molar-refractivity contribution in [1.29, 1.82) is 0 Å². The highest BCUT2D eigenvalue weighted by Crippen LogP contribution is 2.47. The number of furan rings is 2. The molecule has 0 unspecified atom stereocenters. The standard InChI is InChI=1S/C40H21BN2O2/c1-2-10-22(11-3-1)23-20-29-24-14-8-15-27-34-25-12-4-6-18-32(25)45-40(34)43(36(24)27)41-30-17-9-16-28-37(30)42(31(21-23)35(29)41)38-26-13-5-7-19-33(26)44-39(28)38/h1-21H. The van der Waals surface area contributed by atoms with Gasteiger partial charge in [-0.2, -0.15) is 0 Å². The van der Waals surface area contributed by atoms with E-state index in [-0.39, 0.29) is 6.85 Å². The Labute approximate surface area is 256 Å². The van der Waals surface area contributed by atoms with Gasteiger partial charge in [0.1, 0.15) is 16.7 Å². The van der Waals surface area contributed by atoms with Gasteiger partial charge in [0.2, 0.25) is 0 Å². The summed E-state index contributed by atoms with van der Waals surface area (Å²) in [6, 6.07) is 45.9. The SMILES string of the molecule is c1ccc(-c2cc3c4c(c2)-n2c5c(cccc5c5oc6ccccc6c52)B4n2c4oc5ccccc5c4c4cccc-3c42)cc1. The van der Waals surface area contributed by atoms with E-state index in [1.165, 1.54) is 60.7 Å². The van der Waals surface area contributed by atoms with Gasteiger partial charge in [-0.25, -0.2) is 0 Å². The first-order valence-electron chi connectivity index (χ1n) is 15.5. The first-order chi connectivity index (χ1) is 22.3. The third-order valence-electron chi connectivity index (χ3n) is 10.3. The molecule has 4 nitrogen and oxygen atoms in total. The molecule has 0 fully saturated rings. The Morgan fingerprint density at radius 1 is 0.511 bits per heavy atom. The molecule has 0 atom stereocenters. The van der Waals surface area contributed by atoms with Crippen molar-refractivity contribution < 1.29 is 8.83 Å². The zero-order valence-electron chi connectivity index (χ0n) is 23.9. The third kappa shape index (κ3) is 2.52. The van der Waals surface area contributed by atoms with Gasteiger partial charge in [0.25, 0.3) is 0 Å². The first kappa shape index (κ1) is 22.6. The van der Waals surface area contributed by atoms with Crippen molar-refractivity contribution in [3.8, 4) is 27.9 Å². The Balaban J connectivity index is 1.35. The topological polar surface area (TPSA) is 36.1 Å². The van der Waals surface area contributed by atoms with Gasteiger partial charge < -0.3 is 17.9 Å². The number of benzene rings is 6. The molecule has 0 aliphatic carbocycles. The molecule has 2 aliphatic heterocycles. The molecule has 2 aliphatic rings. The maximum absolute atomic E-state index is 6.78. The van der Waals surface area contributed by atoms with Crippen LogP contribution in [0, 0.1) is 0 Å². The van der Waals surface area contributed by atoms with Crippen LogP contribution in [0.15, 0.2) is 136 Å². The monoisotopic (exact) mass is 572 g/mol. The van der Waals surface area contributed by atoms with Gasteiger partial charge in [0, 0.05) is 38.3 Å². The van der Waals surface area contributed by atoms with Crippen LogP contribution in [0.1, 0.15) is 0 Å². The number of hydrogen-bond acceptors (Lipinski definition) is 2. The molecule has 5 heteroatoms. The van der Waals surface area contributed by atoms with Gasteiger partial charge in [0.15, 0.2) is 11.3 Å². The predicted molar refractivity (Wildman–Crippen MR) is 185 cm³/mol. The van der Waals surface area contributed by atoms with Crippen LogP contribution in [0.3, 0.4) is 0 Å². The maximum atomic E-state index is 6.78. The Bertz CT molecular complexity index is 2940. The van der Waals surface area contributed by atoms with Gasteiger partial charge in [-0.15, -0.1) is 0 Å². The Morgan fingerprint density at radius 2 is 1.24 bits per heavy atom. The van der Waals surface area contributed by atoms with E-state index >= 15 is 0 Å².